The molecule has 2 aliphatic carbocycles. The van der Waals surface area contributed by atoms with E-state index in [0.717, 1.165) is 88.1 Å². The van der Waals surface area contributed by atoms with E-state index < -0.39 is 0 Å². The van der Waals surface area contributed by atoms with E-state index in [1.165, 1.54) is 25.7 Å². The number of aliphatic imine (C=N–C) groups is 1. The van der Waals surface area contributed by atoms with Gasteiger partial charge in [0.1, 0.15) is 12.4 Å². The Labute approximate surface area is 234 Å². The highest BCUT2D eigenvalue weighted by Gasteiger charge is 2.37. The van der Waals surface area contributed by atoms with E-state index in [-0.39, 0.29) is 35.7 Å². The molecule has 8 heteroatoms. The molecule has 3 heterocycles. The average molecular weight is 538 g/mol. The summed E-state index contributed by atoms with van der Waals surface area (Å²) >= 11 is 0. The summed E-state index contributed by atoms with van der Waals surface area (Å²) in [6.45, 7) is 7.88. The molecule has 1 saturated heterocycles. The van der Waals surface area contributed by atoms with Gasteiger partial charge in [-0.3, -0.25) is 14.5 Å². The zero-order valence-corrected chi connectivity index (χ0v) is 24.0. The maximum atomic E-state index is 13.2. The van der Waals surface area contributed by atoms with Crippen molar-refractivity contribution in [2.75, 3.05) is 31.1 Å². The van der Waals surface area contributed by atoms with E-state index in [1.807, 2.05) is 20.0 Å². The Balaban J connectivity index is 1.31. The van der Waals surface area contributed by atoms with Gasteiger partial charge in [0.15, 0.2) is 0 Å². The van der Waals surface area contributed by atoms with Crippen molar-refractivity contribution >= 4 is 23.3 Å². The van der Waals surface area contributed by atoms with Gasteiger partial charge in [-0.1, -0.05) is 25.7 Å². The molecule has 2 amide bonds. The number of pyridine rings is 1. The Morgan fingerprint density at radius 3 is 2.44 bits per heavy atom. The number of amidine groups is 1. The predicted octanol–water partition coefficient (Wildman–Crippen LogP) is 4.90. The van der Waals surface area contributed by atoms with Crippen LogP contribution in [0.2, 0.25) is 0 Å². The largest absolute Gasteiger partial charge is 0.476 e. The van der Waals surface area contributed by atoms with Gasteiger partial charge in [-0.2, -0.15) is 4.99 Å². The van der Waals surface area contributed by atoms with Gasteiger partial charge in [0.2, 0.25) is 17.7 Å². The van der Waals surface area contributed by atoms with Crippen molar-refractivity contribution in [3.05, 3.63) is 17.8 Å². The van der Waals surface area contributed by atoms with Gasteiger partial charge in [-0.15, -0.1) is 0 Å². The molecule has 4 aliphatic rings. The molecule has 3 fully saturated rings. The van der Waals surface area contributed by atoms with Crippen LogP contribution >= 0.6 is 0 Å². The zero-order valence-electron chi connectivity index (χ0n) is 24.0. The van der Waals surface area contributed by atoms with Crippen molar-refractivity contribution in [2.24, 2.45) is 16.8 Å². The number of ether oxygens (including phenoxy) is 1. The molecule has 0 aromatic carbocycles. The first-order chi connectivity index (χ1) is 19.0. The number of amides is 2. The van der Waals surface area contributed by atoms with Crippen molar-refractivity contribution in [3.63, 3.8) is 0 Å². The lowest BCUT2D eigenvalue weighted by Gasteiger charge is -2.36. The monoisotopic (exact) mass is 537 g/mol. The summed E-state index contributed by atoms with van der Waals surface area (Å²) < 4.78 is 6.13. The van der Waals surface area contributed by atoms with Gasteiger partial charge in [0, 0.05) is 54.7 Å². The molecule has 39 heavy (non-hydrogen) atoms. The van der Waals surface area contributed by atoms with Gasteiger partial charge in [0.05, 0.1) is 5.69 Å². The number of carbonyl (C=O) groups is 2. The van der Waals surface area contributed by atoms with Crippen molar-refractivity contribution in [2.45, 2.75) is 109 Å². The Morgan fingerprint density at radius 2 is 1.72 bits per heavy atom. The number of nitrogens with zero attached hydrogens (tertiary/aromatic N) is 4. The lowest BCUT2D eigenvalue weighted by atomic mass is 9.84. The summed E-state index contributed by atoms with van der Waals surface area (Å²) in [5, 5.41) is 3.09. The summed E-state index contributed by atoms with van der Waals surface area (Å²) in [5.74, 6) is 1.81. The van der Waals surface area contributed by atoms with Crippen molar-refractivity contribution in [1.82, 2.24) is 15.2 Å². The number of nitrogens with one attached hydrogen (secondary N) is 1. The van der Waals surface area contributed by atoms with Gasteiger partial charge in [-0.05, 0) is 78.3 Å². The Morgan fingerprint density at radius 1 is 1.00 bits per heavy atom. The molecule has 1 N–H and O–H groups in total. The van der Waals surface area contributed by atoms with Crippen LogP contribution in [0.1, 0.15) is 96.5 Å². The lowest BCUT2D eigenvalue weighted by molar-refractivity contribution is -0.126. The molecule has 0 bridgehead atoms. The van der Waals surface area contributed by atoms with Crippen LogP contribution in [0.25, 0.3) is 0 Å². The smallest absolute Gasteiger partial charge is 0.250 e. The topological polar surface area (TPSA) is 87.1 Å². The van der Waals surface area contributed by atoms with E-state index in [9.17, 15) is 9.59 Å². The number of aromatic nitrogens is 1. The van der Waals surface area contributed by atoms with E-state index in [4.69, 9.17) is 9.73 Å². The molecule has 0 unspecified atom stereocenters. The molecule has 5 rings (SSSR count). The van der Waals surface area contributed by atoms with Crippen LogP contribution in [0, 0.1) is 11.8 Å². The Hall–Kier alpha value is -2.48. The van der Waals surface area contributed by atoms with Crippen LogP contribution in [0.4, 0.5) is 5.69 Å². The van der Waals surface area contributed by atoms with Crippen LogP contribution in [-0.2, 0) is 16.0 Å². The highest BCUT2D eigenvalue weighted by molar-refractivity contribution is 6.10. The minimum Gasteiger partial charge on any atom is -0.476 e. The highest BCUT2D eigenvalue weighted by atomic mass is 16.5. The van der Waals surface area contributed by atoms with Gasteiger partial charge < -0.3 is 15.0 Å². The molecular weight excluding hydrogens is 490 g/mol. The van der Waals surface area contributed by atoms with E-state index >= 15 is 0 Å². The normalized spacial score (nSPS) is 25.6. The number of anilines is 1. The molecule has 8 nitrogen and oxygen atoms in total. The van der Waals surface area contributed by atoms with Crippen LogP contribution in [0.15, 0.2) is 17.3 Å². The third kappa shape index (κ3) is 7.19. The molecule has 1 aromatic rings. The molecule has 214 valence electrons. The van der Waals surface area contributed by atoms with E-state index in [0.29, 0.717) is 18.9 Å². The first-order valence-corrected chi connectivity index (χ1v) is 15.5. The predicted molar refractivity (Wildman–Crippen MR) is 154 cm³/mol. The summed E-state index contributed by atoms with van der Waals surface area (Å²) in [7, 11) is 0. The maximum absolute atomic E-state index is 13.2. The van der Waals surface area contributed by atoms with Gasteiger partial charge in [0.25, 0.3) is 0 Å². The number of hydrogen-bond acceptors (Lipinski definition) is 5. The summed E-state index contributed by atoms with van der Waals surface area (Å²) in [6, 6.07) is 2.43. The molecule has 1 aromatic heterocycles. The summed E-state index contributed by atoms with van der Waals surface area (Å²) in [6.07, 6.45) is 15.3. The van der Waals surface area contributed by atoms with Gasteiger partial charge in [-0.25, -0.2) is 4.98 Å². The van der Waals surface area contributed by atoms with Gasteiger partial charge >= 0.3 is 0 Å². The highest BCUT2D eigenvalue weighted by Crippen LogP contribution is 2.39. The van der Waals surface area contributed by atoms with Crippen LogP contribution < -0.4 is 15.0 Å². The average Bonchev–Trinajstić information content (AvgIpc) is 3.30. The molecule has 2 aliphatic heterocycles. The Bertz CT molecular complexity index is 1020. The van der Waals surface area contributed by atoms with Crippen LogP contribution in [0.5, 0.6) is 5.88 Å². The van der Waals surface area contributed by atoms with E-state index in [2.05, 4.69) is 26.2 Å². The maximum Gasteiger partial charge on any atom is 0.250 e. The number of piperidine rings is 1. The molecular formula is C31H47N5O3. The fraction of sp³-hybridized carbons (Fsp3) is 0.742. The molecule has 0 spiro atoms. The van der Waals surface area contributed by atoms with Crippen LogP contribution in [0.3, 0.4) is 0 Å². The molecule has 2 saturated carbocycles. The first-order valence-electron chi connectivity index (χ1n) is 15.5. The van der Waals surface area contributed by atoms with Crippen LogP contribution in [-0.4, -0.2) is 65.9 Å². The minimum absolute atomic E-state index is 0.0402. The van der Waals surface area contributed by atoms with Crippen molar-refractivity contribution in [3.8, 4) is 5.88 Å². The molecule has 0 atom stereocenters. The number of likely N-dealkylation sites (tertiary alicyclic amines) is 1. The minimum atomic E-state index is 0.0402. The third-order valence-corrected chi connectivity index (χ3v) is 8.99. The zero-order chi connectivity index (χ0) is 27.2. The molecule has 0 radical (unpaired) electrons. The second-order valence-corrected chi connectivity index (χ2v) is 12.3. The van der Waals surface area contributed by atoms with Crippen molar-refractivity contribution in [1.29, 1.82) is 0 Å². The second-order valence-electron chi connectivity index (χ2n) is 12.3. The Kier molecular flexibility index (Phi) is 9.53. The number of fused-ring (bicyclic) bond motifs is 1. The first kappa shape index (κ1) is 28.1. The lowest BCUT2D eigenvalue weighted by Crippen LogP contribution is -2.44. The fourth-order valence-corrected chi connectivity index (χ4v) is 6.82. The van der Waals surface area contributed by atoms with Crippen molar-refractivity contribution < 1.29 is 14.3 Å². The fourth-order valence-electron chi connectivity index (χ4n) is 6.82. The number of hydrogen-bond donors (Lipinski definition) is 1. The number of carbonyl (C=O) groups excluding carboxylic acids is 2. The SMILES string of the molecule is CC(C)NC(=O)C1CCC(N2C(=NC(=O)C3CCCCC3)Cc3cnc(OCCN4CCCCC4)cc32)CC1. The summed E-state index contributed by atoms with van der Waals surface area (Å²) in [4.78, 5) is 40.0. The third-order valence-electron chi connectivity index (χ3n) is 8.99. The quantitative estimate of drug-likeness (QED) is 0.508. The summed E-state index contributed by atoms with van der Waals surface area (Å²) in [5.41, 5.74) is 2.18. The number of rotatable bonds is 8. The second kappa shape index (κ2) is 13.2. The van der Waals surface area contributed by atoms with E-state index in [1.54, 1.807) is 0 Å². The standard InChI is InChI=1S/C31H47N5O3/c1-22(2)33-30(37)24-11-13-26(14-12-24)36-27-20-29(39-18-17-35-15-7-4-8-16-35)32-21-25(27)19-28(36)34-31(38)23-9-5-3-6-10-23/h20-24,26H,3-19H2,1-2H3,(H,33,37).